The van der Waals surface area contributed by atoms with Crippen LogP contribution < -0.4 is 16.4 Å². The fourth-order valence-electron chi connectivity index (χ4n) is 1.62. The van der Waals surface area contributed by atoms with Gasteiger partial charge in [0.25, 0.3) is 5.91 Å². The zero-order valence-electron chi connectivity index (χ0n) is 11.0. The van der Waals surface area contributed by atoms with Crippen LogP contribution in [0, 0.1) is 0 Å². The molecule has 0 unspecified atom stereocenters. The van der Waals surface area contributed by atoms with E-state index in [-0.39, 0.29) is 11.8 Å². The Labute approximate surface area is 112 Å². The van der Waals surface area contributed by atoms with Crippen LogP contribution in [0.2, 0.25) is 0 Å². The van der Waals surface area contributed by atoms with E-state index < -0.39 is 6.04 Å². The fourth-order valence-corrected chi connectivity index (χ4v) is 1.62. The van der Waals surface area contributed by atoms with Gasteiger partial charge in [0.05, 0.1) is 6.04 Å². The number of rotatable bonds is 5. The predicted molar refractivity (Wildman–Crippen MR) is 73.8 cm³/mol. The third-order valence-corrected chi connectivity index (χ3v) is 3.10. The van der Waals surface area contributed by atoms with Crippen LogP contribution in [0.25, 0.3) is 0 Å². The Morgan fingerprint density at radius 2 is 1.95 bits per heavy atom. The molecule has 0 spiro atoms. The van der Waals surface area contributed by atoms with E-state index in [1.54, 1.807) is 24.3 Å². The SMILES string of the molecule is CC[C@@H](N)C(=O)Nc1ccc(C(=O)NC2CC2)cc1. The summed E-state index contributed by atoms with van der Waals surface area (Å²) >= 11 is 0. The highest BCUT2D eigenvalue weighted by Gasteiger charge is 2.23. The molecule has 19 heavy (non-hydrogen) atoms. The molecule has 102 valence electrons. The smallest absolute Gasteiger partial charge is 0.251 e. The van der Waals surface area contributed by atoms with Gasteiger partial charge in [-0.2, -0.15) is 0 Å². The highest BCUT2D eigenvalue weighted by molar-refractivity contribution is 5.97. The zero-order valence-corrected chi connectivity index (χ0v) is 11.0. The molecular formula is C14H19N3O2. The molecule has 0 radical (unpaired) electrons. The van der Waals surface area contributed by atoms with Crippen molar-refractivity contribution >= 4 is 17.5 Å². The molecule has 1 aromatic rings. The van der Waals surface area contributed by atoms with Gasteiger partial charge in [-0.05, 0) is 43.5 Å². The first kappa shape index (κ1) is 13.5. The van der Waals surface area contributed by atoms with Crippen molar-refractivity contribution in [2.45, 2.75) is 38.3 Å². The summed E-state index contributed by atoms with van der Waals surface area (Å²) < 4.78 is 0. The molecule has 4 N–H and O–H groups in total. The molecule has 2 amide bonds. The molecule has 1 aromatic carbocycles. The normalized spacial score (nSPS) is 15.7. The molecule has 0 aliphatic heterocycles. The Balaban J connectivity index is 1.93. The van der Waals surface area contributed by atoms with Gasteiger partial charge < -0.3 is 16.4 Å². The number of hydrogen-bond acceptors (Lipinski definition) is 3. The van der Waals surface area contributed by atoms with E-state index in [0.29, 0.717) is 23.7 Å². The van der Waals surface area contributed by atoms with Gasteiger partial charge >= 0.3 is 0 Å². The maximum atomic E-state index is 11.8. The second-order valence-corrected chi connectivity index (χ2v) is 4.83. The summed E-state index contributed by atoms with van der Waals surface area (Å²) in [5.74, 6) is -0.275. The third-order valence-electron chi connectivity index (χ3n) is 3.10. The van der Waals surface area contributed by atoms with Crippen molar-refractivity contribution in [3.63, 3.8) is 0 Å². The molecule has 5 heteroatoms. The molecule has 1 aliphatic rings. The van der Waals surface area contributed by atoms with E-state index in [9.17, 15) is 9.59 Å². The Morgan fingerprint density at radius 3 is 2.47 bits per heavy atom. The van der Waals surface area contributed by atoms with Gasteiger partial charge in [-0.1, -0.05) is 6.92 Å². The Bertz CT molecular complexity index is 466. The molecule has 1 aliphatic carbocycles. The Morgan fingerprint density at radius 1 is 1.32 bits per heavy atom. The second kappa shape index (κ2) is 5.84. The lowest BCUT2D eigenvalue weighted by molar-refractivity contribution is -0.117. The van der Waals surface area contributed by atoms with Gasteiger partial charge in [0.15, 0.2) is 0 Å². The van der Waals surface area contributed by atoms with Crippen LogP contribution in [0.15, 0.2) is 24.3 Å². The summed E-state index contributed by atoms with van der Waals surface area (Å²) in [5, 5.41) is 5.63. The van der Waals surface area contributed by atoms with Gasteiger partial charge in [0.2, 0.25) is 5.91 Å². The topological polar surface area (TPSA) is 84.2 Å². The quantitative estimate of drug-likeness (QED) is 0.746. The number of nitrogens with one attached hydrogen (secondary N) is 2. The van der Waals surface area contributed by atoms with Crippen molar-refractivity contribution in [3.05, 3.63) is 29.8 Å². The van der Waals surface area contributed by atoms with E-state index in [0.717, 1.165) is 12.8 Å². The van der Waals surface area contributed by atoms with Crippen LogP contribution in [0.5, 0.6) is 0 Å². The monoisotopic (exact) mass is 261 g/mol. The summed E-state index contributed by atoms with van der Waals surface area (Å²) in [6.45, 7) is 1.86. The molecule has 2 rings (SSSR count). The molecule has 1 saturated carbocycles. The van der Waals surface area contributed by atoms with E-state index >= 15 is 0 Å². The van der Waals surface area contributed by atoms with E-state index in [2.05, 4.69) is 10.6 Å². The van der Waals surface area contributed by atoms with Crippen molar-refractivity contribution in [1.29, 1.82) is 0 Å². The maximum absolute atomic E-state index is 11.8. The maximum Gasteiger partial charge on any atom is 0.251 e. The van der Waals surface area contributed by atoms with Crippen LogP contribution in [0.3, 0.4) is 0 Å². The zero-order chi connectivity index (χ0) is 13.8. The highest BCUT2D eigenvalue weighted by atomic mass is 16.2. The van der Waals surface area contributed by atoms with Crippen LogP contribution >= 0.6 is 0 Å². The van der Waals surface area contributed by atoms with Crippen molar-refractivity contribution in [2.75, 3.05) is 5.32 Å². The predicted octanol–water partition coefficient (Wildman–Crippen LogP) is 1.25. The Kier molecular flexibility index (Phi) is 4.16. The van der Waals surface area contributed by atoms with E-state index in [1.807, 2.05) is 6.92 Å². The first-order valence-corrected chi connectivity index (χ1v) is 6.57. The number of nitrogens with two attached hydrogens (primary N) is 1. The largest absolute Gasteiger partial charge is 0.349 e. The molecule has 1 fully saturated rings. The van der Waals surface area contributed by atoms with Crippen molar-refractivity contribution in [3.8, 4) is 0 Å². The minimum atomic E-state index is -0.502. The van der Waals surface area contributed by atoms with Gasteiger partial charge in [-0.25, -0.2) is 0 Å². The number of amides is 2. The fraction of sp³-hybridized carbons (Fsp3) is 0.429. The van der Waals surface area contributed by atoms with Crippen LogP contribution in [-0.4, -0.2) is 23.9 Å². The van der Waals surface area contributed by atoms with Crippen molar-refractivity contribution < 1.29 is 9.59 Å². The minimum Gasteiger partial charge on any atom is -0.349 e. The first-order valence-electron chi connectivity index (χ1n) is 6.57. The van der Waals surface area contributed by atoms with Gasteiger partial charge in [-0.3, -0.25) is 9.59 Å². The number of benzene rings is 1. The number of anilines is 1. The van der Waals surface area contributed by atoms with E-state index in [4.69, 9.17) is 5.73 Å². The molecule has 0 aromatic heterocycles. The highest BCUT2D eigenvalue weighted by Crippen LogP contribution is 2.19. The summed E-state index contributed by atoms with van der Waals surface area (Å²) in [6, 6.07) is 6.66. The van der Waals surface area contributed by atoms with Gasteiger partial charge in [-0.15, -0.1) is 0 Å². The average Bonchev–Trinajstić information content (AvgIpc) is 3.22. The molecule has 0 saturated heterocycles. The standard InChI is InChI=1S/C14H19N3O2/c1-2-12(15)14(19)17-10-5-3-9(4-6-10)13(18)16-11-7-8-11/h3-6,11-12H,2,7-8,15H2,1H3,(H,16,18)(H,17,19)/t12-/m1/s1. The summed E-state index contributed by atoms with van der Waals surface area (Å²) in [5.41, 5.74) is 6.88. The van der Waals surface area contributed by atoms with Gasteiger partial charge in [0, 0.05) is 17.3 Å². The number of carbonyl (C=O) groups excluding carboxylic acids is 2. The lowest BCUT2D eigenvalue weighted by Gasteiger charge is -2.10. The summed E-state index contributed by atoms with van der Waals surface area (Å²) in [6.07, 6.45) is 2.72. The molecule has 1 atom stereocenters. The molecule has 0 bridgehead atoms. The Hall–Kier alpha value is -1.88. The van der Waals surface area contributed by atoms with Crippen LogP contribution in [0.4, 0.5) is 5.69 Å². The molecule has 0 heterocycles. The van der Waals surface area contributed by atoms with Crippen LogP contribution in [-0.2, 0) is 4.79 Å². The van der Waals surface area contributed by atoms with E-state index in [1.165, 1.54) is 0 Å². The third kappa shape index (κ3) is 3.79. The van der Waals surface area contributed by atoms with Gasteiger partial charge in [0.1, 0.15) is 0 Å². The molecular weight excluding hydrogens is 242 g/mol. The van der Waals surface area contributed by atoms with Crippen LogP contribution in [0.1, 0.15) is 36.5 Å². The summed E-state index contributed by atoms with van der Waals surface area (Å²) in [7, 11) is 0. The van der Waals surface area contributed by atoms with Crippen molar-refractivity contribution in [1.82, 2.24) is 5.32 Å². The lowest BCUT2D eigenvalue weighted by atomic mass is 10.1. The minimum absolute atomic E-state index is 0.0642. The number of hydrogen-bond donors (Lipinski definition) is 3. The first-order chi connectivity index (χ1) is 9.10. The summed E-state index contributed by atoms with van der Waals surface area (Å²) in [4.78, 5) is 23.4. The lowest BCUT2D eigenvalue weighted by Crippen LogP contribution is -2.34. The average molecular weight is 261 g/mol. The number of carbonyl (C=O) groups is 2. The van der Waals surface area contributed by atoms with Crippen molar-refractivity contribution in [2.24, 2.45) is 5.73 Å². The molecule has 5 nitrogen and oxygen atoms in total. The second-order valence-electron chi connectivity index (χ2n) is 4.83.